The first-order chi connectivity index (χ1) is 9.79. The molecule has 0 spiro atoms. The first kappa shape index (κ1) is 15.4. The van der Waals surface area contributed by atoms with Crippen molar-refractivity contribution >= 4 is 17.6 Å². The summed E-state index contributed by atoms with van der Waals surface area (Å²) < 4.78 is 39.0. The molecule has 0 unspecified atom stereocenters. The van der Waals surface area contributed by atoms with Crippen LogP contribution in [0, 0.1) is 0 Å². The highest BCUT2D eigenvalue weighted by Crippen LogP contribution is 2.37. The lowest BCUT2D eigenvalue weighted by Gasteiger charge is -2.14. The zero-order valence-corrected chi connectivity index (χ0v) is 11.4. The Labute approximate surface area is 123 Å². The Morgan fingerprint density at radius 2 is 1.81 bits per heavy atom. The van der Waals surface area contributed by atoms with Gasteiger partial charge in [0.2, 0.25) is 0 Å². The third-order valence-corrected chi connectivity index (χ3v) is 3.30. The monoisotopic (exact) mass is 314 g/mol. The van der Waals surface area contributed by atoms with Crippen LogP contribution in [0.4, 0.5) is 13.2 Å². The van der Waals surface area contributed by atoms with Gasteiger partial charge in [-0.1, -0.05) is 35.9 Å². The second-order valence-electron chi connectivity index (χ2n) is 4.42. The largest absolute Gasteiger partial charge is 0.481 e. The molecule has 0 aliphatic carbocycles. The average Bonchev–Trinajstić information content (AvgIpc) is 2.40. The van der Waals surface area contributed by atoms with Crippen molar-refractivity contribution in [2.75, 3.05) is 0 Å². The van der Waals surface area contributed by atoms with Gasteiger partial charge in [-0.25, -0.2) is 0 Å². The molecule has 110 valence electrons. The highest BCUT2D eigenvalue weighted by Gasteiger charge is 2.33. The van der Waals surface area contributed by atoms with Crippen LogP contribution in [0.3, 0.4) is 0 Å². The minimum absolute atomic E-state index is 0.00620. The summed E-state index contributed by atoms with van der Waals surface area (Å²) in [4.78, 5) is 10.8. The molecule has 0 saturated carbocycles. The molecule has 21 heavy (non-hydrogen) atoms. The van der Waals surface area contributed by atoms with Crippen molar-refractivity contribution in [3.63, 3.8) is 0 Å². The predicted molar refractivity (Wildman–Crippen MR) is 73.2 cm³/mol. The van der Waals surface area contributed by atoms with Crippen LogP contribution in [0.25, 0.3) is 11.1 Å². The van der Waals surface area contributed by atoms with Gasteiger partial charge in [0.1, 0.15) is 0 Å². The SMILES string of the molecule is O=C(O)Cc1cc(-c2ccccc2C(F)(F)F)ccc1Cl. The van der Waals surface area contributed by atoms with Crippen LogP contribution >= 0.6 is 11.6 Å². The summed E-state index contributed by atoms with van der Waals surface area (Å²) in [6.07, 6.45) is -4.83. The lowest BCUT2D eigenvalue weighted by molar-refractivity contribution is -0.137. The summed E-state index contributed by atoms with van der Waals surface area (Å²) in [6, 6.07) is 9.36. The van der Waals surface area contributed by atoms with Crippen LogP contribution < -0.4 is 0 Å². The first-order valence-corrected chi connectivity index (χ1v) is 6.33. The Hall–Kier alpha value is -2.01. The molecular weight excluding hydrogens is 305 g/mol. The number of carbonyl (C=O) groups is 1. The van der Waals surface area contributed by atoms with Crippen molar-refractivity contribution in [2.45, 2.75) is 12.6 Å². The van der Waals surface area contributed by atoms with Crippen LogP contribution in [0.1, 0.15) is 11.1 Å². The summed E-state index contributed by atoms with van der Waals surface area (Å²) >= 11 is 5.87. The third kappa shape index (κ3) is 3.55. The molecule has 0 heterocycles. The van der Waals surface area contributed by atoms with Crippen molar-refractivity contribution < 1.29 is 23.1 Å². The quantitative estimate of drug-likeness (QED) is 0.895. The number of alkyl halides is 3. The van der Waals surface area contributed by atoms with Gasteiger partial charge in [0.25, 0.3) is 0 Å². The van der Waals surface area contributed by atoms with Gasteiger partial charge in [-0.05, 0) is 34.9 Å². The smallest absolute Gasteiger partial charge is 0.417 e. The Morgan fingerprint density at radius 1 is 1.14 bits per heavy atom. The number of aliphatic carboxylic acids is 1. The van der Waals surface area contributed by atoms with E-state index in [2.05, 4.69) is 0 Å². The van der Waals surface area contributed by atoms with Gasteiger partial charge < -0.3 is 5.11 Å². The molecule has 2 aromatic carbocycles. The molecule has 0 amide bonds. The molecule has 0 saturated heterocycles. The fourth-order valence-electron chi connectivity index (χ4n) is 2.02. The molecule has 2 nitrogen and oxygen atoms in total. The molecule has 2 rings (SSSR count). The van der Waals surface area contributed by atoms with Gasteiger partial charge in [-0.2, -0.15) is 13.2 Å². The number of hydrogen-bond acceptors (Lipinski definition) is 1. The number of rotatable bonds is 3. The number of benzene rings is 2. The molecule has 2 aromatic rings. The zero-order valence-electron chi connectivity index (χ0n) is 10.6. The number of halogens is 4. The summed E-state index contributed by atoms with van der Waals surface area (Å²) in [7, 11) is 0. The third-order valence-electron chi connectivity index (χ3n) is 2.93. The molecule has 0 radical (unpaired) electrons. The van der Waals surface area contributed by atoms with Crippen LogP contribution in [0.15, 0.2) is 42.5 Å². The van der Waals surface area contributed by atoms with E-state index in [1.165, 1.54) is 36.4 Å². The van der Waals surface area contributed by atoms with E-state index in [4.69, 9.17) is 16.7 Å². The standard InChI is InChI=1S/C15H10ClF3O2/c16-13-6-5-9(7-10(13)8-14(20)21)11-3-1-2-4-12(11)15(17,18)19/h1-7H,8H2,(H,20,21). The Kier molecular flexibility index (Phi) is 4.23. The maximum atomic E-state index is 13.0. The topological polar surface area (TPSA) is 37.3 Å². The van der Waals surface area contributed by atoms with E-state index in [1.807, 2.05) is 0 Å². The number of carboxylic acids is 1. The van der Waals surface area contributed by atoms with E-state index < -0.39 is 17.7 Å². The van der Waals surface area contributed by atoms with E-state index in [-0.39, 0.29) is 28.1 Å². The first-order valence-electron chi connectivity index (χ1n) is 5.96. The Morgan fingerprint density at radius 3 is 2.43 bits per heavy atom. The van der Waals surface area contributed by atoms with Crippen molar-refractivity contribution in [2.24, 2.45) is 0 Å². The van der Waals surface area contributed by atoms with Gasteiger partial charge in [0.15, 0.2) is 0 Å². The molecule has 0 aliphatic rings. The van der Waals surface area contributed by atoms with Gasteiger partial charge in [-0.15, -0.1) is 0 Å². The van der Waals surface area contributed by atoms with E-state index in [9.17, 15) is 18.0 Å². The Balaban J connectivity index is 2.55. The fraction of sp³-hybridized carbons (Fsp3) is 0.133. The minimum Gasteiger partial charge on any atom is -0.481 e. The van der Waals surface area contributed by atoms with E-state index >= 15 is 0 Å². The fourth-order valence-corrected chi connectivity index (χ4v) is 2.21. The second kappa shape index (κ2) is 5.77. The van der Waals surface area contributed by atoms with Crippen molar-refractivity contribution in [1.82, 2.24) is 0 Å². The normalized spacial score (nSPS) is 11.4. The summed E-state index contributed by atoms with van der Waals surface area (Å²) in [5.74, 6) is -1.10. The predicted octanol–water partition coefficient (Wildman–Crippen LogP) is 4.65. The summed E-state index contributed by atoms with van der Waals surface area (Å²) in [5.41, 5.74) is -0.218. The van der Waals surface area contributed by atoms with Gasteiger partial charge in [-0.3, -0.25) is 4.79 Å². The van der Waals surface area contributed by atoms with Crippen LogP contribution in [0.5, 0.6) is 0 Å². The average molecular weight is 315 g/mol. The number of hydrogen-bond donors (Lipinski definition) is 1. The maximum absolute atomic E-state index is 13.0. The molecular formula is C15H10ClF3O2. The van der Waals surface area contributed by atoms with Gasteiger partial charge in [0.05, 0.1) is 12.0 Å². The zero-order chi connectivity index (χ0) is 15.6. The van der Waals surface area contributed by atoms with Gasteiger partial charge >= 0.3 is 12.1 Å². The highest BCUT2D eigenvalue weighted by molar-refractivity contribution is 6.31. The maximum Gasteiger partial charge on any atom is 0.417 e. The van der Waals surface area contributed by atoms with Crippen LogP contribution in [-0.4, -0.2) is 11.1 Å². The molecule has 0 atom stereocenters. The van der Waals surface area contributed by atoms with Crippen LogP contribution in [0.2, 0.25) is 5.02 Å². The molecule has 1 N–H and O–H groups in total. The minimum atomic E-state index is -4.48. The lowest BCUT2D eigenvalue weighted by Crippen LogP contribution is -2.07. The summed E-state index contributed by atoms with van der Waals surface area (Å²) in [5, 5.41) is 9.01. The highest BCUT2D eigenvalue weighted by atomic mass is 35.5. The molecule has 0 aromatic heterocycles. The van der Waals surface area contributed by atoms with Gasteiger partial charge in [0, 0.05) is 5.02 Å². The van der Waals surface area contributed by atoms with E-state index in [0.29, 0.717) is 0 Å². The Bertz CT molecular complexity index is 681. The molecule has 0 aliphatic heterocycles. The summed E-state index contributed by atoms with van der Waals surface area (Å²) in [6.45, 7) is 0. The van der Waals surface area contributed by atoms with Crippen molar-refractivity contribution in [1.29, 1.82) is 0 Å². The lowest BCUT2D eigenvalue weighted by atomic mass is 9.97. The molecule has 0 fully saturated rings. The van der Waals surface area contributed by atoms with E-state index in [1.54, 1.807) is 0 Å². The van der Waals surface area contributed by atoms with Crippen molar-refractivity contribution in [3.05, 3.63) is 58.6 Å². The molecule has 6 heteroatoms. The van der Waals surface area contributed by atoms with Crippen molar-refractivity contribution in [3.8, 4) is 11.1 Å². The second-order valence-corrected chi connectivity index (χ2v) is 4.83. The molecule has 0 bridgehead atoms. The van der Waals surface area contributed by atoms with E-state index in [0.717, 1.165) is 6.07 Å². The number of carboxylic acid groups (broad SMARTS) is 1. The van der Waals surface area contributed by atoms with Crippen LogP contribution in [-0.2, 0) is 17.4 Å².